The van der Waals surface area contributed by atoms with E-state index >= 15 is 0 Å². The number of sulfonamides is 2. The van der Waals surface area contributed by atoms with Gasteiger partial charge in [0.15, 0.2) is 0 Å². The Hall–Kier alpha value is -2.94. The van der Waals surface area contributed by atoms with Gasteiger partial charge >= 0.3 is 0 Å². The highest BCUT2D eigenvalue weighted by Gasteiger charge is 2.19. The van der Waals surface area contributed by atoms with Gasteiger partial charge in [-0.1, -0.05) is 0 Å². The molecular weight excluding hydrogens is 440 g/mol. The lowest BCUT2D eigenvalue weighted by molar-refractivity contribution is 0.404. The van der Waals surface area contributed by atoms with Gasteiger partial charge in [-0.3, -0.25) is 4.72 Å². The Morgan fingerprint density at radius 1 is 0.862 bits per heavy atom. The molecule has 0 fully saturated rings. The second-order valence-electron chi connectivity index (χ2n) is 5.41. The quantitative estimate of drug-likeness (QED) is 0.401. The van der Waals surface area contributed by atoms with Crippen LogP contribution in [-0.2, 0) is 20.0 Å². The van der Waals surface area contributed by atoms with E-state index in [2.05, 4.69) is 13.5 Å². The summed E-state index contributed by atoms with van der Waals surface area (Å²) in [6.45, 7) is 0. The van der Waals surface area contributed by atoms with Crippen LogP contribution >= 0.6 is 11.7 Å². The molecule has 3 rings (SSSR count). The van der Waals surface area contributed by atoms with Crippen LogP contribution in [0, 0.1) is 0 Å². The van der Waals surface area contributed by atoms with Crippen LogP contribution in [0.1, 0.15) is 0 Å². The molecule has 0 bridgehead atoms. The molecule has 1 aromatic heterocycles. The van der Waals surface area contributed by atoms with Crippen LogP contribution in [0.5, 0.6) is 5.88 Å². The predicted octanol–water partition coefficient (Wildman–Crippen LogP) is 0.846. The van der Waals surface area contributed by atoms with E-state index in [1.807, 2.05) is 0 Å². The molecule has 0 aliphatic carbocycles. The van der Waals surface area contributed by atoms with Crippen molar-refractivity contribution in [2.24, 2.45) is 5.14 Å². The van der Waals surface area contributed by atoms with Crippen molar-refractivity contribution in [1.29, 1.82) is 0 Å². The van der Waals surface area contributed by atoms with Crippen LogP contribution in [0.15, 0.2) is 58.3 Å². The van der Waals surface area contributed by atoms with Gasteiger partial charge in [-0.2, -0.15) is 4.37 Å². The molecule has 0 spiro atoms. The Bertz CT molecular complexity index is 1160. The SMILES string of the molecule is COc1nsnc1NS(=O)(=O)c1ccc(N)cc1.Nc1ccc(S(N)(=O)=O)cc1. The Labute approximate surface area is 171 Å². The summed E-state index contributed by atoms with van der Waals surface area (Å²) >= 11 is 0.857. The molecule has 0 atom stereocenters. The topological polar surface area (TPSA) is 193 Å². The van der Waals surface area contributed by atoms with Crippen molar-refractivity contribution in [2.75, 3.05) is 23.3 Å². The van der Waals surface area contributed by atoms with Gasteiger partial charge in [0.05, 0.1) is 28.6 Å². The van der Waals surface area contributed by atoms with Crippen LogP contribution in [0.3, 0.4) is 0 Å². The number of nitrogens with zero attached hydrogens (tertiary/aromatic N) is 2. The van der Waals surface area contributed by atoms with Crippen LogP contribution in [0.4, 0.5) is 17.2 Å². The third-order valence-electron chi connectivity index (χ3n) is 3.28. The van der Waals surface area contributed by atoms with Crippen molar-refractivity contribution in [3.63, 3.8) is 0 Å². The molecule has 1 heterocycles. The van der Waals surface area contributed by atoms with Crippen LogP contribution in [0.25, 0.3) is 0 Å². The molecule has 0 amide bonds. The maximum absolute atomic E-state index is 12.0. The zero-order valence-electron chi connectivity index (χ0n) is 15.0. The van der Waals surface area contributed by atoms with Crippen LogP contribution < -0.4 is 26.1 Å². The molecule has 11 nitrogen and oxygen atoms in total. The third-order valence-corrected chi connectivity index (χ3v) is 6.08. The Balaban J connectivity index is 0.000000234. The van der Waals surface area contributed by atoms with Crippen molar-refractivity contribution in [3.8, 4) is 5.88 Å². The summed E-state index contributed by atoms with van der Waals surface area (Å²) in [5, 5.41) is 4.84. The molecule has 3 aromatic rings. The molecule has 0 saturated heterocycles. The molecule has 14 heteroatoms. The largest absolute Gasteiger partial charge is 0.478 e. The molecule has 2 aromatic carbocycles. The number of nitrogens with one attached hydrogen (secondary N) is 1. The van der Waals surface area contributed by atoms with E-state index < -0.39 is 20.0 Å². The number of anilines is 3. The van der Waals surface area contributed by atoms with Gasteiger partial charge in [0, 0.05) is 11.4 Å². The first kappa shape index (κ1) is 22.4. The second-order valence-corrected chi connectivity index (χ2v) is 9.18. The third kappa shape index (κ3) is 6.28. The van der Waals surface area contributed by atoms with Gasteiger partial charge in [-0.05, 0) is 48.5 Å². The van der Waals surface area contributed by atoms with Crippen molar-refractivity contribution in [1.82, 2.24) is 8.75 Å². The van der Waals surface area contributed by atoms with Gasteiger partial charge in [0.25, 0.3) is 15.9 Å². The lowest BCUT2D eigenvalue weighted by atomic mass is 10.3. The average molecular weight is 459 g/mol. The van der Waals surface area contributed by atoms with E-state index in [4.69, 9.17) is 21.3 Å². The number of nitrogen functional groups attached to an aromatic ring is 2. The first-order valence-electron chi connectivity index (χ1n) is 7.66. The van der Waals surface area contributed by atoms with Crippen molar-refractivity contribution >= 4 is 49.0 Å². The number of methoxy groups -OCH3 is 1. The average Bonchev–Trinajstić information content (AvgIpc) is 3.08. The first-order valence-corrected chi connectivity index (χ1v) is 11.4. The smallest absolute Gasteiger partial charge is 0.271 e. The number of hydrogen-bond donors (Lipinski definition) is 4. The molecule has 156 valence electrons. The fourth-order valence-corrected chi connectivity index (χ4v) is 3.92. The number of rotatable bonds is 5. The highest BCUT2D eigenvalue weighted by Crippen LogP contribution is 2.24. The second kappa shape index (κ2) is 9.04. The summed E-state index contributed by atoms with van der Waals surface area (Å²) in [6.07, 6.45) is 0. The summed E-state index contributed by atoms with van der Waals surface area (Å²) in [5.41, 5.74) is 11.8. The number of primary sulfonamides is 1. The van der Waals surface area contributed by atoms with Crippen molar-refractivity contribution < 1.29 is 21.6 Å². The Morgan fingerprint density at radius 2 is 1.34 bits per heavy atom. The minimum absolute atomic E-state index is 0.0688. The van der Waals surface area contributed by atoms with Crippen molar-refractivity contribution in [3.05, 3.63) is 48.5 Å². The fraction of sp³-hybridized carbons (Fsp3) is 0.0667. The van der Waals surface area contributed by atoms with Gasteiger partial charge in [0.2, 0.25) is 15.8 Å². The highest BCUT2D eigenvalue weighted by molar-refractivity contribution is 7.92. The number of aromatic nitrogens is 2. The zero-order chi connectivity index (χ0) is 21.7. The van der Waals surface area contributed by atoms with Crippen LogP contribution in [0.2, 0.25) is 0 Å². The highest BCUT2D eigenvalue weighted by atomic mass is 32.2. The van der Waals surface area contributed by atoms with Crippen LogP contribution in [-0.4, -0.2) is 32.7 Å². The van der Waals surface area contributed by atoms with Gasteiger partial charge < -0.3 is 16.2 Å². The van der Waals surface area contributed by atoms with E-state index in [-0.39, 0.29) is 21.5 Å². The van der Waals surface area contributed by atoms with E-state index in [0.717, 1.165) is 11.7 Å². The fourth-order valence-electron chi connectivity index (χ4n) is 1.87. The minimum Gasteiger partial charge on any atom is -0.478 e. The van der Waals surface area contributed by atoms with E-state index in [1.165, 1.54) is 55.6 Å². The van der Waals surface area contributed by atoms with E-state index in [9.17, 15) is 16.8 Å². The van der Waals surface area contributed by atoms with Gasteiger partial charge in [-0.15, -0.1) is 4.37 Å². The number of nitrogens with two attached hydrogens (primary N) is 3. The van der Waals surface area contributed by atoms with Gasteiger partial charge in [0.1, 0.15) is 0 Å². The van der Waals surface area contributed by atoms with Crippen molar-refractivity contribution in [2.45, 2.75) is 9.79 Å². The number of benzene rings is 2. The standard InChI is InChI=1S/C9H10N4O3S2.C6H8N2O2S/c1-16-9-8(11-17-12-9)13-18(14,15)7-4-2-6(10)3-5-7;7-5-1-3-6(4-2-5)11(8,9)10/h2-5H,10H2,1H3,(H,11,13);1-4H,7H2,(H2,8,9,10). The minimum atomic E-state index is -3.71. The maximum Gasteiger partial charge on any atom is 0.271 e. The molecule has 0 unspecified atom stereocenters. The summed E-state index contributed by atoms with van der Waals surface area (Å²) in [5.74, 6) is 0.207. The summed E-state index contributed by atoms with van der Waals surface area (Å²) in [7, 11) is -5.90. The molecule has 0 radical (unpaired) electrons. The molecule has 0 aliphatic rings. The predicted molar refractivity (Wildman–Crippen MR) is 110 cm³/mol. The molecule has 29 heavy (non-hydrogen) atoms. The zero-order valence-corrected chi connectivity index (χ0v) is 17.5. The summed E-state index contributed by atoms with van der Waals surface area (Å²) in [6, 6.07) is 11.5. The maximum atomic E-state index is 12.0. The normalized spacial score (nSPS) is 11.2. The Kier molecular flexibility index (Phi) is 6.97. The number of hydrogen-bond acceptors (Lipinski definition) is 10. The van der Waals surface area contributed by atoms with Gasteiger partial charge in [-0.25, -0.2) is 22.0 Å². The molecule has 0 saturated carbocycles. The van der Waals surface area contributed by atoms with E-state index in [1.54, 1.807) is 0 Å². The lowest BCUT2D eigenvalue weighted by Crippen LogP contribution is -2.13. The molecule has 7 N–H and O–H groups in total. The monoisotopic (exact) mass is 458 g/mol. The summed E-state index contributed by atoms with van der Waals surface area (Å²) in [4.78, 5) is 0.165. The molecular formula is C15H18N6O5S3. The molecule has 0 aliphatic heterocycles. The number of ether oxygens (including phenoxy) is 1. The first-order chi connectivity index (χ1) is 13.5. The lowest BCUT2D eigenvalue weighted by Gasteiger charge is -2.06. The summed E-state index contributed by atoms with van der Waals surface area (Å²) < 4.78 is 60.1. The van der Waals surface area contributed by atoms with E-state index in [0.29, 0.717) is 11.4 Å². The Morgan fingerprint density at radius 3 is 1.79 bits per heavy atom.